The summed E-state index contributed by atoms with van der Waals surface area (Å²) in [6.07, 6.45) is -0.911. The van der Waals surface area contributed by atoms with Crippen molar-refractivity contribution in [2.75, 3.05) is 13.7 Å². The van der Waals surface area contributed by atoms with E-state index in [4.69, 9.17) is 16.2 Å². The average Bonchev–Trinajstić information content (AvgIpc) is 2.25. The Kier molecular flexibility index (Phi) is 4.75. The second kappa shape index (κ2) is 5.75. The Hall–Kier alpha value is -1.34. The van der Waals surface area contributed by atoms with E-state index in [9.17, 15) is 9.59 Å². The van der Waals surface area contributed by atoms with Gasteiger partial charge in [0.25, 0.3) is 0 Å². The van der Waals surface area contributed by atoms with E-state index in [1.165, 1.54) is 12.0 Å². The maximum Gasteiger partial charge on any atom is 0.410 e. The topological polar surface area (TPSA) is 108 Å². The number of hydrogen-bond acceptors (Lipinski definition) is 6. The molecular weight excluding hydrogens is 250 g/mol. The van der Waals surface area contributed by atoms with Gasteiger partial charge in [-0.25, -0.2) is 4.79 Å². The number of likely N-dealkylation sites (tertiary alicyclic amines) is 1. The molecule has 1 aliphatic rings. The van der Waals surface area contributed by atoms with Gasteiger partial charge in [-0.3, -0.25) is 9.69 Å². The molecule has 0 bridgehead atoms. The molecule has 1 saturated heterocycles. The molecule has 0 radical (unpaired) electrons. The molecule has 0 aromatic rings. The van der Waals surface area contributed by atoms with E-state index in [1.54, 1.807) is 20.8 Å². The highest BCUT2D eigenvalue weighted by molar-refractivity contribution is 5.76. The Bertz CT molecular complexity index is 353. The molecular formula is C12H23N3O4. The predicted molar refractivity (Wildman–Crippen MR) is 69.0 cm³/mol. The minimum atomic E-state index is -0.828. The maximum absolute atomic E-state index is 12.1. The molecule has 1 heterocycles. The number of carbonyl (C=O) groups is 2. The first-order chi connectivity index (χ1) is 8.67. The number of esters is 1. The lowest BCUT2D eigenvalue weighted by molar-refractivity contribution is -0.164. The van der Waals surface area contributed by atoms with Crippen molar-refractivity contribution in [2.24, 2.45) is 17.4 Å². The maximum atomic E-state index is 12.1. The summed E-state index contributed by atoms with van der Waals surface area (Å²) < 4.78 is 9.94. The molecule has 7 nitrogen and oxygen atoms in total. The van der Waals surface area contributed by atoms with E-state index >= 15 is 0 Å². The number of carbonyl (C=O) groups excluding carboxylic acids is 2. The summed E-state index contributed by atoms with van der Waals surface area (Å²) in [5.41, 5.74) is 11.3. The van der Waals surface area contributed by atoms with Crippen molar-refractivity contribution in [1.82, 2.24) is 4.90 Å². The second-order valence-electron chi connectivity index (χ2n) is 5.67. The number of amides is 1. The number of ether oxygens (including phenoxy) is 2. The van der Waals surface area contributed by atoms with Gasteiger partial charge in [0, 0.05) is 12.6 Å². The van der Waals surface area contributed by atoms with Crippen LogP contribution in [0.25, 0.3) is 0 Å². The normalized spacial score (nSPS) is 27.9. The molecule has 1 rings (SSSR count). The van der Waals surface area contributed by atoms with Crippen molar-refractivity contribution in [1.29, 1.82) is 0 Å². The smallest absolute Gasteiger partial charge is 0.410 e. The summed E-state index contributed by atoms with van der Waals surface area (Å²) in [5, 5.41) is 0. The molecule has 1 amide bonds. The molecule has 1 fully saturated rings. The van der Waals surface area contributed by atoms with Gasteiger partial charge >= 0.3 is 12.1 Å². The van der Waals surface area contributed by atoms with Crippen LogP contribution in [0.3, 0.4) is 0 Å². The number of hydrogen-bond donors (Lipinski definition) is 2. The van der Waals surface area contributed by atoms with E-state index in [2.05, 4.69) is 4.74 Å². The summed E-state index contributed by atoms with van der Waals surface area (Å²) in [7, 11) is 1.27. The molecule has 7 heteroatoms. The van der Waals surface area contributed by atoms with E-state index in [0.29, 0.717) is 13.0 Å². The van der Waals surface area contributed by atoms with Gasteiger partial charge < -0.3 is 20.9 Å². The van der Waals surface area contributed by atoms with E-state index < -0.39 is 35.8 Å². The second-order valence-corrected chi connectivity index (χ2v) is 5.67. The third-order valence-corrected chi connectivity index (χ3v) is 2.98. The van der Waals surface area contributed by atoms with Crippen LogP contribution in [0.15, 0.2) is 0 Å². The van der Waals surface area contributed by atoms with Gasteiger partial charge in [0.2, 0.25) is 0 Å². The van der Waals surface area contributed by atoms with Gasteiger partial charge in [-0.1, -0.05) is 0 Å². The molecule has 1 unspecified atom stereocenters. The zero-order valence-corrected chi connectivity index (χ0v) is 11.9. The van der Waals surface area contributed by atoms with Gasteiger partial charge in [0.05, 0.1) is 13.3 Å². The molecule has 0 aromatic carbocycles. The van der Waals surface area contributed by atoms with Crippen LogP contribution in [0.2, 0.25) is 0 Å². The predicted octanol–water partition coefficient (Wildman–Crippen LogP) is 0.0285. The summed E-state index contributed by atoms with van der Waals surface area (Å²) in [4.78, 5) is 25.0. The highest BCUT2D eigenvalue weighted by Gasteiger charge is 2.43. The lowest BCUT2D eigenvalue weighted by Gasteiger charge is -2.40. The zero-order valence-electron chi connectivity index (χ0n) is 11.9. The van der Waals surface area contributed by atoms with Crippen molar-refractivity contribution in [3.05, 3.63) is 0 Å². The number of rotatable bonds is 1. The van der Waals surface area contributed by atoms with Crippen molar-refractivity contribution in [2.45, 2.75) is 45.0 Å². The minimum absolute atomic E-state index is 0.369. The SMILES string of the molecule is COC(=O)N1CC[C@H](N)[C@@H](C(=O)OC(C)(C)C)C1N. The Morgan fingerprint density at radius 1 is 1.26 bits per heavy atom. The quantitative estimate of drug-likeness (QED) is 0.652. The number of nitrogens with two attached hydrogens (primary N) is 2. The highest BCUT2D eigenvalue weighted by Crippen LogP contribution is 2.24. The number of methoxy groups -OCH3 is 1. The summed E-state index contributed by atoms with van der Waals surface area (Å²) in [6.45, 7) is 5.67. The number of piperidine rings is 1. The third-order valence-electron chi connectivity index (χ3n) is 2.98. The minimum Gasteiger partial charge on any atom is -0.460 e. The molecule has 0 spiro atoms. The van der Waals surface area contributed by atoms with Crippen LogP contribution in [0.1, 0.15) is 27.2 Å². The molecule has 4 N–H and O–H groups in total. The summed E-state index contributed by atoms with van der Waals surface area (Å²) in [6, 6.07) is -0.425. The van der Waals surface area contributed by atoms with Gasteiger partial charge in [-0.2, -0.15) is 0 Å². The Morgan fingerprint density at radius 2 is 1.84 bits per heavy atom. The first-order valence-electron chi connectivity index (χ1n) is 6.26. The fraction of sp³-hybridized carbons (Fsp3) is 0.833. The molecule has 0 saturated carbocycles. The Morgan fingerprint density at radius 3 is 2.32 bits per heavy atom. The zero-order chi connectivity index (χ0) is 14.8. The van der Waals surface area contributed by atoms with Crippen LogP contribution in [0.5, 0.6) is 0 Å². The standard InChI is InChI=1S/C12H23N3O4/c1-12(2,3)19-10(16)8-7(13)5-6-15(9(8)14)11(17)18-4/h7-9H,5-6,13-14H2,1-4H3/t7-,8+,9?/m0/s1. The Labute approximate surface area is 113 Å². The van der Waals surface area contributed by atoms with Gasteiger partial charge in [0.15, 0.2) is 0 Å². The van der Waals surface area contributed by atoms with E-state index in [1.807, 2.05) is 0 Å². The van der Waals surface area contributed by atoms with Gasteiger partial charge in [-0.05, 0) is 27.2 Å². The first kappa shape index (κ1) is 15.7. The Balaban J connectivity index is 2.84. The average molecular weight is 273 g/mol. The lowest BCUT2D eigenvalue weighted by atomic mass is 9.90. The fourth-order valence-electron chi connectivity index (χ4n) is 2.08. The van der Waals surface area contributed by atoms with Crippen LogP contribution < -0.4 is 11.5 Å². The summed E-state index contributed by atoms with van der Waals surface area (Å²) >= 11 is 0. The van der Waals surface area contributed by atoms with Crippen molar-refractivity contribution < 1.29 is 19.1 Å². The largest absolute Gasteiger partial charge is 0.460 e. The number of nitrogens with zero attached hydrogens (tertiary/aromatic N) is 1. The van der Waals surface area contributed by atoms with Crippen LogP contribution in [0, 0.1) is 5.92 Å². The molecule has 110 valence electrons. The van der Waals surface area contributed by atoms with Crippen LogP contribution in [-0.4, -0.2) is 48.4 Å². The monoisotopic (exact) mass is 273 g/mol. The molecule has 0 aromatic heterocycles. The van der Waals surface area contributed by atoms with Crippen LogP contribution in [0.4, 0.5) is 4.79 Å². The summed E-state index contributed by atoms with van der Waals surface area (Å²) in [5.74, 6) is -1.23. The highest BCUT2D eigenvalue weighted by atomic mass is 16.6. The van der Waals surface area contributed by atoms with Crippen LogP contribution in [-0.2, 0) is 14.3 Å². The van der Waals surface area contributed by atoms with Gasteiger partial charge in [-0.15, -0.1) is 0 Å². The van der Waals surface area contributed by atoms with Gasteiger partial charge in [0.1, 0.15) is 11.5 Å². The first-order valence-corrected chi connectivity index (χ1v) is 6.26. The molecule has 3 atom stereocenters. The molecule has 19 heavy (non-hydrogen) atoms. The van der Waals surface area contributed by atoms with E-state index in [0.717, 1.165) is 0 Å². The van der Waals surface area contributed by atoms with E-state index in [-0.39, 0.29) is 0 Å². The van der Waals surface area contributed by atoms with Crippen molar-refractivity contribution >= 4 is 12.1 Å². The van der Waals surface area contributed by atoms with Crippen molar-refractivity contribution in [3.63, 3.8) is 0 Å². The van der Waals surface area contributed by atoms with Crippen molar-refractivity contribution in [3.8, 4) is 0 Å². The molecule has 1 aliphatic heterocycles. The third kappa shape index (κ3) is 3.81. The fourth-order valence-corrected chi connectivity index (χ4v) is 2.08. The lowest BCUT2D eigenvalue weighted by Crippen LogP contribution is -2.62. The molecule has 0 aliphatic carbocycles. The van der Waals surface area contributed by atoms with Crippen LogP contribution >= 0.6 is 0 Å².